The molecule has 3 nitrogen and oxygen atoms in total. The molecule has 6 heteroatoms. The van der Waals surface area contributed by atoms with Crippen LogP contribution in [0.2, 0.25) is 0 Å². The van der Waals surface area contributed by atoms with Gasteiger partial charge < -0.3 is 10.1 Å². The average Bonchev–Trinajstić information content (AvgIpc) is 2.65. The molecule has 3 rings (SSSR count). The van der Waals surface area contributed by atoms with Gasteiger partial charge in [0.2, 0.25) is 5.91 Å². The molecule has 0 saturated heterocycles. The van der Waals surface area contributed by atoms with Crippen LogP contribution in [0.5, 0.6) is 5.75 Å². The second-order valence-electron chi connectivity index (χ2n) is 6.04. The molecule has 0 saturated carbocycles. The molecule has 0 radical (unpaired) electrons. The van der Waals surface area contributed by atoms with Gasteiger partial charge in [-0.15, -0.1) is 0 Å². The van der Waals surface area contributed by atoms with Crippen LogP contribution in [0.15, 0.2) is 66.7 Å². The molecule has 1 amide bonds. The number of fused-ring (bicyclic) bond motifs is 1. The van der Waals surface area contributed by atoms with Crippen molar-refractivity contribution in [2.45, 2.75) is 12.6 Å². The summed E-state index contributed by atoms with van der Waals surface area (Å²) in [6.07, 6.45) is -4.18. The summed E-state index contributed by atoms with van der Waals surface area (Å²) in [5.74, 6) is -0.0490. The number of halogens is 3. The minimum absolute atomic E-state index is 0.0859. The maximum absolute atomic E-state index is 12.7. The van der Waals surface area contributed by atoms with Crippen molar-refractivity contribution in [3.63, 3.8) is 0 Å². The summed E-state index contributed by atoms with van der Waals surface area (Å²) in [7, 11) is 0. The summed E-state index contributed by atoms with van der Waals surface area (Å²) >= 11 is 0. The van der Waals surface area contributed by atoms with E-state index in [1.807, 2.05) is 42.5 Å². The molecular weight excluding hydrogens is 355 g/mol. The number of hydrogen-bond acceptors (Lipinski definition) is 2. The first-order chi connectivity index (χ1) is 12.9. The Hall–Kier alpha value is -3.02. The van der Waals surface area contributed by atoms with Gasteiger partial charge in [0.1, 0.15) is 12.4 Å². The SMILES string of the molecule is O=C(Cc1cccc2ccccc12)NCCOc1cccc(C(F)(F)F)c1. The predicted octanol–water partition coefficient (Wildman–Crippen LogP) is 4.60. The average molecular weight is 373 g/mol. The van der Waals surface area contributed by atoms with Crippen molar-refractivity contribution in [3.05, 3.63) is 77.9 Å². The predicted molar refractivity (Wildman–Crippen MR) is 97.6 cm³/mol. The molecule has 27 heavy (non-hydrogen) atoms. The minimum atomic E-state index is -4.41. The van der Waals surface area contributed by atoms with Gasteiger partial charge in [0.05, 0.1) is 18.5 Å². The van der Waals surface area contributed by atoms with E-state index in [2.05, 4.69) is 5.32 Å². The van der Waals surface area contributed by atoms with E-state index in [9.17, 15) is 18.0 Å². The first-order valence-corrected chi connectivity index (χ1v) is 8.47. The van der Waals surface area contributed by atoms with Crippen LogP contribution >= 0.6 is 0 Å². The van der Waals surface area contributed by atoms with Crippen molar-refractivity contribution in [2.24, 2.45) is 0 Å². The lowest BCUT2D eigenvalue weighted by Gasteiger charge is -2.11. The van der Waals surface area contributed by atoms with Crippen LogP contribution in [0.4, 0.5) is 13.2 Å². The molecule has 3 aromatic carbocycles. The van der Waals surface area contributed by atoms with E-state index in [0.29, 0.717) is 0 Å². The molecule has 0 atom stereocenters. The van der Waals surface area contributed by atoms with E-state index in [4.69, 9.17) is 4.74 Å². The summed E-state index contributed by atoms with van der Waals surface area (Å²) in [6, 6.07) is 18.3. The Labute approximate surface area is 154 Å². The highest BCUT2D eigenvalue weighted by atomic mass is 19.4. The second kappa shape index (κ2) is 8.12. The molecule has 0 spiro atoms. The Kier molecular flexibility index (Phi) is 5.64. The van der Waals surface area contributed by atoms with E-state index in [1.165, 1.54) is 12.1 Å². The zero-order chi connectivity index (χ0) is 19.3. The fourth-order valence-electron chi connectivity index (χ4n) is 2.80. The third kappa shape index (κ3) is 5.00. The Morgan fingerprint density at radius 1 is 0.963 bits per heavy atom. The van der Waals surface area contributed by atoms with Crippen LogP contribution in [0.1, 0.15) is 11.1 Å². The first kappa shape index (κ1) is 18.8. The number of ether oxygens (including phenoxy) is 1. The standard InChI is InChI=1S/C21H18F3NO2/c22-21(23,24)17-8-4-9-18(14-17)27-12-11-25-20(26)13-16-7-3-6-15-5-1-2-10-19(15)16/h1-10,14H,11-13H2,(H,25,26). The van der Waals surface area contributed by atoms with Gasteiger partial charge in [-0.1, -0.05) is 48.5 Å². The highest BCUT2D eigenvalue weighted by Gasteiger charge is 2.30. The molecule has 140 valence electrons. The van der Waals surface area contributed by atoms with Gasteiger partial charge >= 0.3 is 6.18 Å². The van der Waals surface area contributed by atoms with Gasteiger partial charge in [-0.3, -0.25) is 4.79 Å². The molecule has 0 unspecified atom stereocenters. The number of carbonyl (C=O) groups is 1. The zero-order valence-electron chi connectivity index (χ0n) is 14.4. The van der Waals surface area contributed by atoms with Crippen molar-refractivity contribution in [1.82, 2.24) is 5.32 Å². The molecule has 3 aromatic rings. The van der Waals surface area contributed by atoms with E-state index < -0.39 is 11.7 Å². The number of amides is 1. The van der Waals surface area contributed by atoms with Gasteiger partial charge in [0.25, 0.3) is 0 Å². The number of hydrogen-bond donors (Lipinski definition) is 1. The van der Waals surface area contributed by atoms with E-state index >= 15 is 0 Å². The molecule has 1 N–H and O–H groups in total. The lowest BCUT2D eigenvalue weighted by molar-refractivity contribution is -0.137. The highest BCUT2D eigenvalue weighted by Crippen LogP contribution is 2.31. The molecule has 0 fully saturated rings. The smallest absolute Gasteiger partial charge is 0.416 e. The Morgan fingerprint density at radius 3 is 2.52 bits per heavy atom. The minimum Gasteiger partial charge on any atom is -0.492 e. The van der Waals surface area contributed by atoms with Crippen molar-refractivity contribution < 1.29 is 22.7 Å². The van der Waals surface area contributed by atoms with Crippen LogP contribution in [-0.2, 0) is 17.4 Å². The maximum Gasteiger partial charge on any atom is 0.416 e. The van der Waals surface area contributed by atoms with Gasteiger partial charge in [-0.05, 0) is 34.5 Å². The fraction of sp³-hybridized carbons (Fsp3) is 0.190. The third-order valence-corrected chi connectivity index (χ3v) is 4.09. The third-order valence-electron chi connectivity index (χ3n) is 4.09. The fourth-order valence-corrected chi connectivity index (χ4v) is 2.80. The molecule has 0 bridgehead atoms. The van der Waals surface area contributed by atoms with Crippen LogP contribution in [0.3, 0.4) is 0 Å². The Balaban J connectivity index is 1.50. The van der Waals surface area contributed by atoms with Gasteiger partial charge in [-0.25, -0.2) is 0 Å². The normalized spacial score (nSPS) is 11.4. The Morgan fingerprint density at radius 2 is 1.70 bits per heavy atom. The zero-order valence-corrected chi connectivity index (χ0v) is 14.4. The quantitative estimate of drug-likeness (QED) is 0.642. The van der Waals surface area contributed by atoms with Crippen molar-refractivity contribution in [3.8, 4) is 5.75 Å². The molecular formula is C21H18F3NO2. The van der Waals surface area contributed by atoms with Crippen molar-refractivity contribution in [1.29, 1.82) is 0 Å². The monoisotopic (exact) mass is 373 g/mol. The summed E-state index contributed by atoms with van der Waals surface area (Å²) in [5, 5.41) is 4.81. The van der Waals surface area contributed by atoms with Crippen molar-refractivity contribution >= 4 is 16.7 Å². The molecule has 0 aliphatic rings. The van der Waals surface area contributed by atoms with E-state index in [-0.39, 0.29) is 31.2 Å². The van der Waals surface area contributed by atoms with Crippen molar-refractivity contribution in [2.75, 3.05) is 13.2 Å². The van der Waals surface area contributed by atoms with E-state index in [1.54, 1.807) is 0 Å². The van der Waals surface area contributed by atoms with Crippen LogP contribution < -0.4 is 10.1 Å². The molecule has 0 heterocycles. The number of nitrogens with one attached hydrogen (secondary N) is 1. The number of carbonyl (C=O) groups excluding carboxylic acids is 1. The topological polar surface area (TPSA) is 38.3 Å². The van der Waals surface area contributed by atoms with Crippen LogP contribution in [0, 0.1) is 0 Å². The van der Waals surface area contributed by atoms with Gasteiger partial charge in [-0.2, -0.15) is 13.2 Å². The highest BCUT2D eigenvalue weighted by molar-refractivity contribution is 5.90. The summed E-state index contributed by atoms with van der Waals surface area (Å²) in [6.45, 7) is 0.294. The van der Waals surface area contributed by atoms with Gasteiger partial charge in [0.15, 0.2) is 0 Å². The van der Waals surface area contributed by atoms with Crippen LogP contribution in [0.25, 0.3) is 10.8 Å². The lowest BCUT2D eigenvalue weighted by Crippen LogP contribution is -2.29. The number of rotatable bonds is 6. The molecule has 0 aliphatic carbocycles. The van der Waals surface area contributed by atoms with Crippen LogP contribution in [-0.4, -0.2) is 19.1 Å². The summed E-state index contributed by atoms with van der Waals surface area (Å²) in [4.78, 5) is 12.1. The number of alkyl halides is 3. The second-order valence-corrected chi connectivity index (χ2v) is 6.04. The summed E-state index contributed by atoms with van der Waals surface area (Å²) in [5.41, 5.74) is 0.157. The maximum atomic E-state index is 12.7. The van der Waals surface area contributed by atoms with E-state index in [0.717, 1.165) is 28.5 Å². The van der Waals surface area contributed by atoms with Gasteiger partial charge in [0, 0.05) is 0 Å². The lowest BCUT2D eigenvalue weighted by atomic mass is 10.0. The molecule has 0 aliphatic heterocycles. The number of benzene rings is 3. The largest absolute Gasteiger partial charge is 0.492 e. The first-order valence-electron chi connectivity index (χ1n) is 8.47. The summed E-state index contributed by atoms with van der Waals surface area (Å²) < 4.78 is 43.3. The Bertz CT molecular complexity index is 933. The molecule has 0 aromatic heterocycles.